The third-order valence-corrected chi connectivity index (χ3v) is 9.07. The van der Waals surface area contributed by atoms with E-state index in [2.05, 4.69) is 41.2 Å². The van der Waals surface area contributed by atoms with Crippen LogP contribution in [0.15, 0.2) is 12.7 Å². The second-order valence-electron chi connectivity index (χ2n) is 13.1. The van der Waals surface area contributed by atoms with Crippen LogP contribution in [0.3, 0.4) is 0 Å². The number of ether oxygens (including phenoxy) is 3. The molecule has 3 aliphatic heterocycles. The maximum absolute atomic E-state index is 12.5. The van der Waals surface area contributed by atoms with Crippen molar-refractivity contribution in [2.45, 2.75) is 154 Å². The molecule has 3 aliphatic rings. The zero-order valence-electron chi connectivity index (χ0n) is 24.9. The summed E-state index contributed by atoms with van der Waals surface area (Å²) in [7, 11) is 0. The molecule has 0 aliphatic carbocycles. The van der Waals surface area contributed by atoms with Crippen LogP contribution in [-0.4, -0.2) is 70.6 Å². The summed E-state index contributed by atoms with van der Waals surface area (Å²) in [6.07, 6.45) is 7.46. The van der Waals surface area contributed by atoms with Gasteiger partial charge in [-0.1, -0.05) is 40.7 Å². The first-order valence-electron chi connectivity index (χ1n) is 15.5. The monoisotopic (exact) mass is 550 g/mol. The molecule has 3 heterocycles. The molecule has 39 heavy (non-hydrogen) atoms. The molecule has 0 aromatic rings. The predicted molar refractivity (Wildman–Crippen MR) is 151 cm³/mol. The Bertz CT molecular complexity index is 797. The number of aliphatic hydroxyl groups excluding tert-OH is 2. The molecule has 4 unspecified atom stereocenters. The summed E-state index contributed by atoms with van der Waals surface area (Å²) in [6, 6.07) is 0. The van der Waals surface area contributed by atoms with Gasteiger partial charge in [0, 0.05) is 25.7 Å². The normalized spacial score (nSPS) is 33.6. The highest BCUT2D eigenvalue weighted by atomic mass is 16.6. The largest absolute Gasteiger partial charge is 0.393 e. The highest BCUT2D eigenvalue weighted by Gasteiger charge is 2.52. The molecule has 7 heteroatoms. The van der Waals surface area contributed by atoms with Gasteiger partial charge in [-0.2, -0.15) is 0 Å². The molecule has 0 saturated carbocycles. The summed E-state index contributed by atoms with van der Waals surface area (Å²) in [5, 5.41) is 21.1. The van der Waals surface area contributed by atoms with Crippen molar-refractivity contribution in [2.75, 3.05) is 0 Å². The average molecular weight is 551 g/mol. The van der Waals surface area contributed by atoms with Crippen LogP contribution in [0.5, 0.6) is 0 Å². The van der Waals surface area contributed by atoms with Gasteiger partial charge in [0.05, 0.1) is 42.7 Å². The predicted octanol–water partition coefficient (Wildman–Crippen LogP) is 5.19. The van der Waals surface area contributed by atoms with Gasteiger partial charge in [-0.25, -0.2) is 0 Å². The first kappa shape index (κ1) is 32.4. The molecule has 7 nitrogen and oxygen atoms in total. The van der Waals surface area contributed by atoms with Crippen molar-refractivity contribution >= 4 is 11.6 Å². The minimum Gasteiger partial charge on any atom is -0.393 e. The number of aliphatic hydroxyl groups is 2. The first-order valence-corrected chi connectivity index (χ1v) is 15.5. The topological polar surface area (TPSA) is 106 Å². The Hall–Kier alpha value is -1.12. The summed E-state index contributed by atoms with van der Waals surface area (Å²) >= 11 is 0. The lowest BCUT2D eigenvalue weighted by Crippen LogP contribution is -2.32. The summed E-state index contributed by atoms with van der Waals surface area (Å²) in [4.78, 5) is 24.9. The molecule has 2 N–H and O–H groups in total. The van der Waals surface area contributed by atoms with Crippen LogP contribution in [0.1, 0.15) is 105 Å². The van der Waals surface area contributed by atoms with Gasteiger partial charge in [-0.05, 0) is 68.6 Å². The SMILES string of the molecule is C=CC(C)CC[C@H]1CC[C@@H]([C@H](C)CC(=O)CCC(=O)CC(O)CC[C@@H](O)[C@H]2O[C@H](C3OC3C(C)C)C[C@H]2C)O1. The lowest BCUT2D eigenvalue weighted by atomic mass is 9.92. The Kier molecular flexibility index (Phi) is 12.6. The van der Waals surface area contributed by atoms with E-state index in [1.54, 1.807) is 0 Å². The molecule has 0 aromatic heterocycles. The zero-order chi connectivity index (χ0) is 28.7. The van der Waals surface area contributed by atoms with Crippen molar-refractivity contribution in [3.05, 3.63) is 12.7 Å². The number of allylic oxidation sites excluding steroid dienone is 1. The molecule has 3 saturated heterocycles. The van der Waals surface area contributed by atoms with Crippen LogP contribution in [0.4, 0.5) is 0 Å². The van der Waals surface area contributed by atoms with E-state index >= 15 is 0 Å². The molecule has 0 aromatic carbocycles. The second-order valence-corrected chi connectivity index (χ2v) is 13.1. The maximum Gasteiger partial charge on any atom is 0.135 e. The van der Waals surface area contributed by atoms with Crippen molar-refractivity contribution in [2.24, 2.45) is 23.7 Å². The minimum atomic E-state index is -0.821. The molecule has 3 rings (SSSR count). The van der Waals surface area contributed by atoms with Crippen molar-refractivity contribution < 1.29 is 34.0 Å². The molecular formula is C32H54O7. The Labute approximate surface area is 236 Å². The fourth-order valence-corrected chi connectivity index (χ4v) is 6.34. The molecule has 0 amide bonds. The number of hydrogen-bond donors (Lipinski definition) is 2. The van der Waals surface area contributed by atoms with Crippen LogP contribution in [0.2, 0.25) is 0 Å². The van der Waals surface area contributed by atoms with Crippen LogP contribution in [-0.2, 0) is 23.8 Å². The number of carbonyl (C=O) groups is 2. The quantitative estimate of drug-likeness (QED) is 0.179. The Morgan fingerprint density at radius 2 is 1.62 bits per heavy atom. The third kappa shape index (κ3) is 10.0. The molecule has 224 valence electrons. The Morgan fingerprint density at radius 3 is 2.26 bits per heavy atom. The third-order valence-electron chi connectivity index (χ3n) is 9.07. The van der Waals surface area contributed by atoms with Crippen molar-refractivity contribution in [1.82, 2.24) is 0 Å². The summed E-state index contributed by atoms with van der Waals surface area (Å²) in [5.74, 6) is 1.28. The van der Waals surface area contributed by atoms with Crippen LogP contribution < -0.4 is 0 Å². The van der Waals surface area contributed by atoms with Crippen LogP contribution in [0, 0.1) is 23.7 Å². The standard InChI is InChI=1S/C32H54O7/c1-7-20(4)8-12-26-13-15-28(37-26)21(5)16-23(33)9-10-24(34)18-25(35)11-14-27(36)31-22(6)17-29(38-31)32-30(39-32)19(2)3/h7,19-22,25-32,35-36H,1,8-18H2,2-6H3/t20?,21-,22-,25?,26+,27-,28+,29+,30?,31+,32?/m1/s1. The van der Waals surface area contributed by atoms with E-state index < -0.39 is 12.2 Å². The van der Waals surface area contributed by atoms with Crippen LogP contribution >= 0.6 is 0 Å². The van der Waals surface area contributed by atoms with Gasteiger partial charge in [-0.15, -0.1) is 6.58 Å². The van der Waals surface area contributed by atoms with Crippen molar-refractivity contribution in [1.29, 1.82) is 0 Å². The Morgan fingerprint density at radius 1 is 0.923 bits per heavy atom. The van der Waals surface area contributed by atoms with Crippen LogP contribution in [0.25, 0.3) is 0 Å². The number of ketones is 2. The van der Waals surface area contributed by atoms with Gasteiger partial charge in [0.2, 0.25) is 0 Å². The smallest absolute Gasteiger partial charge is 0.135 e. The number of epoxide rings is 1. The highest BCUT2D eigenvalue weighted by Crippen LogP contribution is 2.41. The fraction of sp³-hybridized carbons (Fsp3) is 0.875. The number of Topliss-reactive ketones (excluding diaryl/α,β-unsaturated/α-hetero) is 2. The van der Waals surface area contributed by atoms with Gasteiger partial charge >= 0.3 is 0 Å². The van der Waals surface area contributed by atoms with E-state index in [4.69, 9.17) is 14.2 Å². The fourth-order valence-electron chi connectivity index (χ4n) is 6.34. The first-order chi connectivity index (χ1) is 18.5. The van der Waals surface area contributed by atoms with Gasteiger partial charge in [-0.3, -0.25) is 9.59 Å². The van der Waals surface area contributed by atoms with Gasteiger partial charge in [0.15, 0.2) is 0 Å². The summed E-state index contributed by atoms with van der Waals surface area (Å²) < 4.78 is 18.1. The molecule has 11 atom stereocenters. The van der Waals surface area contributed by atoms with Crippen molar-refractivity contribution in [3.63, 3.8) is 0 Å². The van der Waals surface area contributed by atoms with Gasteiger partial charge in [0.25, 0.3) is 0 Å². The Balaban J connectivity index is 1.27. The lowest BCUT2D eigenvalue weighted by molar-refractivity contribution is -0.126. The van der Waals surface area contributed by atoms with Gasteiger partial charge < -0.3 is 24.4 Å². The second kappa shape index (κ2) is 15.2. The molecule has 0 spiro atoms. The molecule has 0 bridgehead atoms. The number of carbonyl (C=O) groups excluding carboxylic acids is 2. The van der Waals surface area contributed by atoms with E-state index in [9.17, 15) is 19.8 Å². The lowest BCUT2D eigenvalue weighted by Gasteiger charge is -2.23. The van der Waals surface area contributed by atoms with E-state index in [0.29, 0.717) is 31.1 Å². The van der Waals surface area contributed by atoms with E-state index in [1.807, 2.05) is 6.08 Å². The minimum absolute atomic E-state index is 0.0157. The van der Waals surface area contributed by atoms with E-state index in [-0.39, 0.29) is 79.3 Å². The molecule has 0 radical (unpaired) electrons. The zero-order valence-corrected chi connectivity index (χ0v) is 24.9. The van der Waals surface area contributed by atoms with E-state index in [1.165, 1.54) is 0 Å². The highest BCUT2D eigenvalue weighted by molar-refractivity contribution is 5.86. The van der Waals surface area contributed by atoms with Gasteiger partial charge in [0.1, 0.15) is 17.7 Å². The number of rotatable bonds is 18. The summed E-state index contributed by atoms with van der Waals surface area (Å²) in [6.45, 7) is 14.4. The number of hydrogen-bond acceptors (Lipinski definition) is 7. The molecular weight excluding hydrogens is 496 g/mol. The summed E-state index contributed by atoms with van der Waals surface area (Å²) in [5.41, 5.74) is 0. The average Bonchev–Trinajstić information content (AvgIpc) is 3.39. The van der Waals surface area contributed by atoms with Crippen molar-refractivity contribution in [3.8, 4) is 0 Å². The molecule has 3 fully saturated rings. The van der Waals surface area contributed by atoms with E-state index in [0.717, 1.165) is 32.1 Å². The maximum atomic E-state index is 12.5.